The topological polar surface area (TPSA) is 0 Å². The summed E-state index contributed by atoms with van der Waals surface area (Å²) in [6, 6.07) is 0. The number of hydrogen-bond donors (Lipinski definition) is 0. The molecule has 0 aliphatic heterocycles. The molecule has 0 aromatic heterocycles. The van der Waals surface area contributed by atoms with Gasteiger partial charge in [-0.25, -0.2) is 0 Å². The summed E-state index contributed by atoms with van der Waals surface area (Å²) < 4.78 is 1.94. The lowest BCUT2D eigenvalue weighted by Gasteiger charge is -1.64. The van der Waals surface area contributed by atoms with Crippen molar-refractivity contribution >= 4 is 22.6 Å². The van der Waals surface area contributed by atoms with Crippen molar-refractivity contribution < 1.29 is 0 Å². The van der Waals surface area contributed by atoms with Gasteiger partial charge in [-0.15, -0.1) is 0 Å². The predicted molar refractivity (Wildman–Crippen MR) is 42.5 cm³/mol. The molecule has 0 bridgehead atoms. The Morgan fingerprint density at radius 1 is 1.14 bits per heavy atom. The van der Waals surface area contributed by atoms with Gasteiger partial charge in [0.15, 0.2) is 0 Å². The fraction of sp³-hybridized carbons (Fsp3) is 0. The van der Waals surface area contributed by atoms with Crippen LogP contribution in [0.1, 0.15) is 0 Å². The number of halogens is 1. The van der Waals surface area contributed by atoms with Crippen LogP contribution in [0.3, 0.4) is 0 Å². The van der Waals surface area contributed by atoms with Crippen LogP contribution < -0.4 is 0 Å². The Morgan fingerprint density at radius 3 is 2.29 bits per heavy atom. The zero-order valence-electron chi connectivity index (χ0n) is 3.97. The molecule has 0 nitrogen and oxygen atoms in total. The molecule has 0 aromatic carbocycles. The molecule has 0 spiro atoms. The Morgan fingerprint density at radius 2 is 1.86 bits per heavy atom. The van der Waals surface area contributed by atoms with Gasteiger partial charge in [-0.3, -0.25) is 0 Å². The van der Waals surface area contributed by atoms with Crippen molar-refractivity contribution in [3.63, 3.8) is 0 Å². The monoisotopic (exact) mass is 206 g/mol. The first-order valence-corrected chi connectivity index (χ1v) is 3.21. The molecular weight excluding hydrogens is 199 g/mol. The van der Waals surface area contributed by atoms with Crippen LogP contribution in [0.15, 0.2) is 35.0 Å². The van der Waals surface area contributed by atoms with Crippen LogP contribution in [0.5, 0.6) is 0 Å². The van der Waals surface area contributed by atoms with Crippen LogP contribution >= 0.6 is 22.6 Å². The van der Waals surface area contributed by atoms with Gasteiger partial charge >= 0.3 is 0 Å². The number of hydrogen-bond acceptors (Lipinski definition) is 0. The van der Waals surface area contributed by atoms with Crippen LogP contribution in [0.2, 0.25) is 0 Å². The SMILES string of the molecule is C=C/C=C/C=C/I. The summed E-state index contributed by atoms with van der Waals surface area (Å²) in [6.07, 6.45) is 7.51. The van der Waals surface area contributed by atoms with Crippen LogP contribution in [0, 0.1) is 0 Å². The molecule has 0 aromatic rings. The summed E-state index contributed by atoms with van der Waals surface area (Å²) in [5, 5.41) is 0. The molecule has 7 heavy (non-hydrogen) atoms. The van der Waals surface area contributed by atoms with Crippen molar-refractivity contribution in [1.29, 1.82) is 0 Å². The van der Waals surface area contributed by atoms with Gasteiger partial charge in [0.25, 0.3) is 0 Å². The fourth-order valence-corrected chi connectivity index (χ4v) is 0.424. The van der Waals surface area contributed by atoms with E-state index in [-0.39, 0.29) is 0 Å². The zero-order chi connectivity index (χ0) is 5.54. The summed E-state index contributed by atoms with van der Waals surface area (Å²) in [5.74, 6) is 0. The summed E-state index contributed by atoms with van der Waals surface area (Å²) >= 11 is 2.16. The van der Waals surface area contributed by atoms with Crippen molar-refractivity contribution in [3.05, 3.63) is 35.0 Å². The standard InChI is InChI=1S/C6H7I/c1-2-3-4-5-6-7/h2-6H,1H2/b4-3+,6-5+. The van der Waals surface area contributed by atoms with Gasteiger partial charge in [-0.2, -0.15) is 0 Å². The van der Waals surface area contributed by atoms with Crippen LogP contribution in [0.25, 0.3) is 0 Å². The molecule has 0 saturated carbocycles. The summed E-state index contributed by atoms with van der Waals surface area (Å²) in [6.45, 7) is 3.51. The lowest BCUT2D eigenvalue weighted by molar-refractivity contribution is 1.98. The quantitative estimate of drug-likeness (QED) is 0.481. The van der Waals surface area contributed by atoms with Gasteiger partial charge in [-0.05, 0) is 4.08 Å². The van der Waals surface area contributed by atoms with Gasteiger partial charge < -0.3 is 0 Å². The van der Waals surface area contributed by atoms with Gasteiger partial charge in [0.1, 0.15) is 0 Å². The molecule has 38 valence electrons. The van der Waals surface area contributed by atoms with Crippen molar-refractivity contribution in [3.8, 4) is 0 Å². The van der Waals surface area contributed by atoms with Gasteiger partial charge in [-0.1, -0.05) is 53.5 Å². The Balaban J connectivity index is 3.27. The first kappa shape index (κ1) is 6.95. The van der Waals surface area contributed by atoms with Crippen molar-refractivity contribution in [1.82, 2.24) is 0 Å². The molecule has 1 heteroatoms. The Kier molecular flexibility index (Phi) is 5.91. The average molecular weight is 206 g/mol. The van der Waals surface area contributed by atoms with E-state index in [1.54, 1.807) is 6.08 Å². The Hall–Kier alpha value is -0.0500. The van der Waals surface area contributed by atoms with Crippen molar-refractivity contribution in [2.45, 2.75) is 0 Å². The third-order valence-electron chi connectivity index (χ3n) is 0.431. The second kappa shape index (κ2) is 5.95. The predicted octanol–water partition coefficient (Wildman–Crippen LogP) is 2.68. The molecule has 0 saturated heterocycles. The molecule has 0 amide bonds. The van der Waals surface area contributed by atoms with Gasteiger partial charge in [0, 0.05) is 0 Å². The van der Waals surface area contributed by atoms with Crippen LogP contribution in [-0.4, -0.2) is 0 Å². The minimum atomic E-state index is 1.75. The largest absolute Gasteiger partial charge is 0.0991 e. The van der Waals surface area contributed by atoms with E-state index in [0.717, 1.165) is 0 Å². The lowest BCUT2D eigenvalue weighted by Crippen LogP contribution is -1.40. The first-order valence-electron chi connectivity index (χ1n) is 1.96. The van der Waals surface area contributed by atoms with E-state index < -0.39 is 0 Å². The minimum Gasteiger partial charge on any atom is -0.0991 e. The summed E-state index contributed by atoms with van der Waals surface area (Å²) in [7, 11) is 0. The fourth-order valence-electron chi connectivity index (χ4n) is 0.185. The first-order chi connectivity index (χ1) is 3.41. The molecule has 0 N–H and O–H groups in total. The minimum absolute atomic E-state index is 1.75. The normalized spacial score (nSPS) is 11.0. The Labute approximate surface area is 57.8 Å². The highest BCUT2D eigenvalue weighted by Gasteiger charge is 1.53. The van der Waals surface area contributed by atoms with Gasteiger partial charge in [0.2, 0.25) is 0 Å². The molecule has 0 heterocycles. The molecule has 0 radical (unpaired) electrons. The van der Waals surface area contributed by atoms with E-state index in [9.17, 15) is 0 Å². The molecule has 0 aliphatic carbocycles. The smallest absolute Gasteiger partial charge is 0.0234 e. The third-order valence-corrected chi connectivity index (χ3v) is 0.846. The van der Waals surface area contributed by atoms with Crippen molar-refractivity contribution in [2.75, 3.05) is 0 Å². The zero-order valence-corrected chi connectivity index (χ0v) is 6.13. The van der Waals surface area contributed by atoms with Crippen LogP contribution in [0.4, 0.5) is 0 Å². The van der Waals surface area contributed by atoms with E-state index in [0.29, 0.717) is 0 Å². The van der Waals surface area contributed by atoms with E-state index in [1.807, 2.05) is 22.3 Å². The highest BCUT2D eigenvalue weighted by atomic mass is 127. The number of rotatable bonds is 2. The maximum Gasteiger partial charge on any atom is -0.0234 e. The lowest BCUT2D eigenvalue weighted by atomic mass is 10.5. The second-order valence-corrected chi connectivity index (χ2v) is 1.66. The maximum atomic E-state index is 3.51. The Bertz CT molecular complexity index is 90.4. The molecule has 0 unspecified atom stereocenters. The van der Waals surface area contributed by atoms with Gasteiger partial charge in [0.05, 0.1) is 0 Å². The second-order valence-electron chi connectivity index (χ2n) is 0.939. The van der Waals surface area contributed by atoms with E-state index in [4.69, 9.17) is 0 Å². The highest BCUT2D eigenvalue weighted by Crippen LogP contribution is 1.83. The molecule has 0 rings (SSSR count). The summed E-state index contributed by atoms with van der Waals surface area (Å²) in [5.41, 5.74) is 0. The third kappa shape index (κ3) is 5.95. The highest BCUT2D eigenvalue weighted by molar-refractivity contribution is 14.1. The number of allylic oxidation sites excluding steroid dienone is 4. The molecule has 0 aliphatic rings. The molecular formula is C6H7I. The molecule has 0 fully saturated rings. The maximum absolute atomic E-state index is 3.51. The van der Waals surface area contributed by atoms with E-state index >= 15 is 0 Å². The van der Waals surface area contributed by atoms with Crippen molar-refractivity contribution in [2.24, 2.45) is 0 Å². The molecule has 0 atom stereocenters. The van der Waals surface area contributed by atoms with E-state index in [1.165, 1.54) is 0 Å². The summed E-state index contributed by atoms with van der Waals surface area (Å²) in [4.78, 5) is 0. The average Bonchev–Trinajstić information content (AvgIpc) is 1.69. The van der Waals surface area contributed by atoms with Crippen LogP contribution in [-0.2, 0) is 0 Å². The van der Waals surface area contributed by atoms with E-state index in [2.05, 4.69) is 29.2 Å².